The van der Waals surface area contributed by atoms with Crippen LogP contribution in [0.2, 0.25) is 0 Å². The van der Waals surface area contributed by atoms with Crippen molar-refractivity contribution in [2.45, 2.75) is 51.6 Å². The number of hydrogen-bond acceptors (Lipinski definition) is 4. The third-order valence-corrected chi connectivity index (χ3v) is 3.72. The van der Waals surface area contributed by atoms with Gasteiger partial charge in [0.2, 0.25) is 0 Å². The van der Waals surface area contributed by atoms with Crippen molar-refractivity contribution in [3.63, 3.8) is 0 Å². The summed E-state index contributed by atoms with van der Waals surface area (Å²) in [7, 11) is 3.59. The van der Waals surface area contributed by atoms with E-state index in [0.29, 0.717) is 6.04 Å². The second-order valence-corrected chi connectivity index (χ2v) is 5.08. The van der Waals surface area contributed by atoms with Crippen LogP contribution in [-0.4, -0.2) is 50.3 Å². The molecule has 0 bridgehead atoms. The lowest BCUT2D eigenvalue weighted by Gasteiger charge is -2.29. The molecule has 0 aromatic rings. The van der Waals surface area contributed by atoms with Crippen molar-refractivity contribution >= 4 is 0 Å². The van der Waals surface area contributed by atoms with Crippen LogP contribution in [0.3, 0.4) is 0 Å². The Kier molecular flexibility index (Phi) is 8.99. The normalized spacial score (nSPS) is 16.3. The van der Waals surface area contributed by atoms with Crippen LogP contribution >= 0.6 is 0 Å². The molecular weight excluding hydrogens is 226 g/mol. The van der Waals surface area contributed by atoms with Gasteiger partial charge in [-0.3, -0.25) is 4.90 Å². The molecule has 0 aliphatic heterocycles. The van der Waals surface area contributed by atoms with E-state index in [1.807, 2.05) is 14.0 Å². The molecule has 0 heterocycles. The fraction of sp³-hybridized carbons (Fsp3) is 0.929. The van der Waals surface area contributed by atoms with E-state index in [0.717, 1.165) is 39.0 Å². The van der Waals surface area contributed by atoms with Gasteiger partial charge in [-0.1, -0.05) is 6.92 Å². The third kappa shape index (κ3) is 6.34. The van der Waals surface area contributed by atoms with Crippen molar-refractivity contribution in [1.82, 2.24) is 10.2 Å². The first-order valence-corrected chi connectivity index (χ1v) is 6.86. The molecule has 0 rings (SSSR count). The van der Waals surface area contributed by atoms with Crippen LogP contribution < -0.4 is 5.32 Å². The van der Waals surface area contributed by atoms with Gasteiger partial charge in [-0.05, 0) is 46.7 Å². The fourth-order valence-electron chi connectivity index (χ4n) is 1.89. The van der Waals surface area contributed by atoms with E-state index in [9.17, 15) is 0 Å². The Bertz CT molecular complexity index is 252. The van der Waals surface area contributed by atoms with Crippen LogP contribution in [0.15, 0.2) is 0 Å². The number of nitriles is 1. The number of methoxy groups -OCH3 is 1. The van der Waals surface area contributed by atoms with Crippen LogP contribution in [0.4, 0.5) is 0 Å². The minimum Gasteiger partial charge on any atom is -0.383 e. The zero-order valence-electron chi connectivity index (χ0n) is 12.6. The lowest BCUT2D eigenvalue weighted by molar-refractivity contribution is 0.120. The van der Waals surface area contributed by atoms with Crippen LogP contribution in [0.25, 0.3) is 0 Å². The van der Waals surface area contributed by atoms with E-state index in [-0.39, 0.29) is 0 Å². The Balaban J connectivity index is 4.14. The Morgan fingerprint density at radius 1 is 1.44 bits per heavy atom. The van der Waals surface area contributed by atoms with Gasteiger partial charge in [0, 0.05) is 19.7 Å². The second kappa shape index (κ2) is 9.32. The van der Waals surface area contributed by atoms with Crippen molar-refractivity contribution in [2.75, 3.05) is 33.9 Å². The highest BCUT2D eigenvalue weighted by Crippen LogP contribution is 2.12. The number of hydrogen-bond donors (Lipinski definition) is 1. The smallest absolute Gasteiger partial charge is 0.103 e. The molecule has 0 fully saturated rings. The molecule has 18 heavy (non-hydrogen) atoms. The second-order valence-electron chi connectivity index (χ2n) is 5.08. The van der Waals surface area contributed by atoms with Crippen molar-refractivity contribution in [3.8, 4) is 6.07 Å². The number of ether oxygens (including phenoxy) is 1. The van der Waals surface area contributed by atoms with E-state index in [2.05, 4.69) is 30.1 Å². The Hall–Kier alpha value is -0.630. The Morgan fingerprint density at radius 3 is 2.56 bits per heavy atom. The molecule has 0 saturated heterocycles. The topological polar surface area (TPSA) is 48.3 Å². The fourth-order valence-corrected chi connectivity index (χ4v) is 1.89. The van der Waals surface area contributed by atoms with Gasteiger partial charge in [0.25, 0.3) is 0 Å². The molecule has 0 aromatic carbocycles. The highest BCUT2D eigenvalue weighted by Gasteiger charge is 2.21. The first kappa shape index (κ1) is 17.4. The molecule has 4 heteroatoms. The van der Waals surface area contributed by atoms with Gasteiger partial charge in [0.15, 0.2) is 0 Å². The molecule has 0 aromatic heterocycles. The molecule has 106 valence electrons. The van der Waals surface area contributed by atoms with Crippen LogP contribution in [0.5, 0.6) is 0 Å². The Morgan fingerprint density at radius 2 is 2.11 bits per heavy atom. The highest BCUT2D eigenvalue weighted by atomic mass is 16.5. The molecule has 0 radical (unpaired) electrons. The summed E-state index contributed by atoms with van der Waals surface area (Å²) < 4.78 is 5.15. The van der Waals surface area contributed by atoms with Gasteiger partial charge in [-0.25, -0.2) is 0 Å². The van der Waals surface area contributed by atoms with Gasteiger partial charge < -0.3 is 10.1 Å². The summed E-state index contributed by atoms with van der Waals surface area (Å²) in [6, 6.07) is 2.91. The highest BCUT2D eigenvalue weighted by molar-refractivity contribution is 5.02. The van der Waals surface area contributed by atoms with E-state index in [1.54, 1.807) is 7.11 Å². The molecule has 0 aliphatic rings. The van der Waals surface area contributed by atoms with Crippen LogP contribution in [0, 0.1) is 11.3 Å². The predicted molar refractivity (Wildman–Crippen MR) is 75.5 cm³/mol. The maximum atomic E-state index is 9.10. The van der Waals surface area contributed by atoms with Crippen molar-refractivity contribution in [3.05, 3.63) is 0 Å². The van der Waals surface area contributed by atoms with Crippen LogP contribution in [-0.2, 0) is 4.74 Å². The first-order chi connectivity index (χ1) is 8.52. The zero-order chi connectivity index (χ0) is 14.0. The summed E-state index contributed by atoms with van der Waals surface area (Å²) in [4.78, 5) is 2.44. The molecule has 1 N–H and O–H groups in total. The van der Waals surface area contributed by atoms with Crippen molar-refractivity contribution in [1.29, 1.82) is 5.26 Å². The summed E-state index contributed by atoms with van der Waals surface area (Å²) in [6.07, 6.45) is 3.05. The summed E-state index contributed by atoms with van der Waals surface area (Å²) in [5, 5.41) is 12.2. The van der Waals surface area contributed by atoms with E-state index in [1.165, 1.54) is 0 Å². The van der Waals surface area contributed by atoms with Gasteiger partial charge in [-0.2, -0.15) is 5.26 Å². The van der Waals surface area contributed by atoms with E-state index >= 15 is 0 Å². The maximum Gasteiger partial charge on any atom is 0.103 e. The largest absolute Gasteiger partial charge is 0.383 e. The first-order valence-electron chi connectivity index (χ1n) is 6.86. The number of nitrogens with zero attached hydrogens (tertiary/aromatic N) is 2. The van der Waals surface area contributed by atoms with Crippen LogP contribution in [0.1, 0.15) is 40.0 Å². The number of nitrogens with one attached hydrogen (secondary N) is 1. The van der Waals surface area contributed by atoms with Gasteiger partial charge in [0.05, 0.1) is 12.7 Å². The average Bonchev–Trinajstić information content (AvgIpc) is 2.41. The molecule has 0 saturated carbocycles. The SMILES string of the molecule is CCC(C)N(CCCC(C)(C#N)NC)CCOC. The minimum absolute atomic E-state index is 0.400. The van der Waals surface area contributed by atoms with Gasteiger partial charge in [0.1, 0.15) is 5.54 Å². The lowest BCUT2D eigenvalue weighted by Crippen LogP contribution is -2.40. The third-order valence-electron chi connectivity index (χ3n) is 3.72. The summed E-state index contributed by atoms with van der Waals surface area (Å²) >= 11 is 0. The average molecular weight is 255 g/mol. The number of rotatable bonds is 10. The molecule has 0 aliphatic carbocycles. The summed E-state index contributed by atoms with van der Waals surface area (Å²) in [6.45, 7) is 9.17. The van der Waals surface area contributed by atoms with Crippen molar-refractivity contribution in [2.24, 2.45) is 0 Å². The quantitative estimate of drug-likeness (QED) is 0.649. The summed E-state index contributed by atoms with van der Waals surface area (Å²) in [5.41, 5.74) is -0.400. The van der Waals surface area contributed by atoms with E-state index in [4.69, 9.17) is 10.00 Å². The lowest BCUT2D eigenvalue weighted by atomic mass is 9.97. The standard InChI is InChI=1S/C14H29N3O/c1-6-13(2)17(10-11-18-5)9-7-8-14(3,12-15)16-4/h13,16H,6-11H2,1-5H3. The van der Waals surface area contributed by atoms with Crippen molar-refractivity contribution < 1.29 is 4.74 Å². The maximum absolute atomic E-state index is 9.10. The molecule has 0 amide bonds. The molecule has 4 nitrogen and oxygen atoms in total. The minimum atomic E-state index is -0.400. The monoisotopic (exact) mass is 255 g/mol. The summed E-state index contributed by atoms with van der Waals surface area (Å²) in [5.74, 6) is 0. The predicted octanol–water partition coefficient (Wildman–Crippen LogP) is 2.02. The molecule has 0 spiro atoms. The van der Waals surface area contributed by atoms with E-state index < -0.39 is 5.54 Å². The van der Waals surface area contributed by atoms with Gasteiger partial charge in [-0.15, -0.1) is 0 Å². The molecular formula is C14H29N3O. The Labute approximate surface area is 112 Å². The molecule has 2 atom stereocenters. The molecule has 2 unspecified atom stereocenters. The zero-order valence-corrected chi connectivity index (χ0v) is 12.6. The van der Waals surface area contributed by atoms with Gasteiger partial charge >= 0.3 is 0 Å².